The summed E-state index contributed by atoms with van der Waals surface area (Å²) in [4.78, 5) is 0. The Morgan fingerprint density at radius 3 is 0.889 bits per heavy atom. The quantitative estimate of drug-likeness (QED) is 0.375. The Labute approximate surface area is 75.7 Å². The summed E-state index contributed by atoms with van der Waals surface area (Å²) in [6, 6.07) is 0. The third-order valence-electron chi connectivity index (χ3n) is 0. The first-order chi connectivity index (χ1) is 1.73. The first-order valence-electron chi connectivity index (χ1n) is 0.500. The van der Waals surface area contributed by atoms with Crippen LogP contribution in [0.3, 0.4) is 0 Å². The number of hydrogen-bond donors (Lipinski definition) is 0. The summed E-state index contributed by atoms with van der Waals surface area (Å²) in [7, 11) is 0. The average molecular weight is 396 g/mol. The van der Waals surface area contributed by atoms with Crippen LogP contribution in [0.15, 0.2) is 0 Å². The standard InChI is InChI=1S/H2O3S.4H2O.Pu/c1-4(2)3;;;;;/h(H2,1,2,3);4*1H2;/p-2. The van der Waals surface area contributed by atoms with Gasteiger partial charge in [0.1, 0.15) is 0 Å². The van der Waals surface area contributed by atoms with Gasteiger partial charge in [-0.25, -0.2) is 0 Å². The van der Waals surface area contributed by atoms with Gasteiger partial charge in [0.05, 0.1) is 0 Å². The monoisotopic (exact) mass is 390 g/mol. The summed E-state index contributed by atoms with van der Waals surface area (Å²) in [6.45, 7) is 0. The second-order valence-corrected chi connectivity index (χ2v) is 0.612. The van der Waals surface area contributed by atoms with E-state index in [1.165, 1.54) is 0 Å². The first-order valence-corrected chi connectivity index (χ1v) is 1.50. The normalized spacial score (nSPS) is 3.89. The molecule has 0 rings (SSSR count). The van der Waals surface area contributed by atoms with E-state index in [2.05, 4.69) is 0 Å². The minimum Gasteiger partial charge on any atom is -0.784 e. The summed E-state index contributed by atoms with van der Waals surface area (Å²) in [5.74, 6) is 0. The molecule has 0 aromatic rings. The van der Waals surface area contributed by atoms with Crippen LogP contribution in [0.4, 0.5) is 0 Å². The maximum absolute atomic E-state index is 8.44. The van der Waals surface area contributed by atoms with Crippen molar-refractivity contribution in [3.63, 3.8) is 0 Å². The molecular weight excluding hydrogens is 388 g/mol. The fourth-order valence-corrected chi connectivity index (χ4v) is 0. The van der Waals surface area contributed by atoms with E-state index in [4.69, 9.17) is 13.3 Å². The molecular formula is H8O7PuS-2. The van der Waals surface area contributed by atoms with Gasteiger partial charge in [0.2, 0.25) is 0 Å². The first kappa shape index (κ1) is 51.6. The fraction of sp³-hybridized carbons (Fsp3) is 0. The molecule has 0 spiro atoms. The summed E-state index contributed by atoms with van der Waals surface area (Å²) in [6.07, 6.45) is 0. The molecule has 0 aromatic carbocycles. The van der Waals surface area contributed by atoms with Crippen LogP contribution in [-0.4, -0.2) is 35.2 Å². The minimum absolute atomic E-state index is 0. The van der Waals surface area contributed by atoms with Crippen molar-refractivity contribution in [2.45, 2.75) is 0 Å². The number of hydrogen-bond acceptors (Lipinski definition) is 3. The molecule has 7 nitrogen and oxygen atoms in total. The van der Waals surface area contributed by atoms with Gasteiger partial charge in [-0.1, -0.05) is 0 Å². The molecule has 64 valence electrons. The maximum atomic E-state index is 8.44. The minimum atomic E-state index is -3.11. The molecule has 0 aromatic heterocycles. The zero-order valence-electron chi connectivity index (χ0n) is 4.04. The molecule has 0 fully saturated rings. The van der Waals surface area contributed by atoms with Crippen LogP contribution in [0.2, 0.25) is 0 Å². The van der Waals surface area contributed by atoms with E-state index in [-0.39, 0.29) is 51.1 Å². The van der Waals surface area contributed by atoms with Crippen LogP contribution in [0.25, 0.3) is 0 Å². The zero-order valence-corrected chi connectivity index (χ0v) is 8.26. The predicted molar refractivity (Wildman–Crippen MR) is 24.2 cm³/mol. The van der Waals surface area contributed by atoms with Crippen LogP contribution in [0.5, 0.6) is 0 Å². The molecule has 0 bridgehead atoms. The molecule has 0 radical (unpaired) electrons. The molecule has 0 aliphatic heterocycles. The van der Waals surface area contributed by atoms with E-state index in [1.807, 2.05) is 0 Å². The molecule has 0 aliphatic carbocycles. The topological polar surface area (TPSA) is 189 Å². The van der Waals surface area contributed by atoms with Gasteiger partial charge < -0.3 is 31.0 Å². The molecule has 0 unspecified atom stereocenters. The van der Waals surface area contributed by atoms with Gasteiger partial charge in [-0.15, -0.1) is 11.4 Å². The van der Waals surface area contributed by atoms with E-state index in [0.29, 0.717) is 0 Å². The van der Waals surface area contributed by atoms with Crippen LogP contribution in [-0.2, 0) is 11.4 Å². The van der Waals surface area contributed by atoms with Crippen molar-refractivity contribution < 1.29 is 64.4 Å². The summed E-state index contributed by atoms with van der Waals surface area (Å²) in [5.41, 5.74) is 0. The molecule has 0 saturated heterocycles. The van der Waals surface area contributed by atoms with Crippen molar-refractivity contribution in [3.05, 3.63) is 0 Å². The molecule has 9 heteroatoms. The second-order valence-electron chi connectivity index (χ2n) is 0.204. The molecule has 9 heavy (non-hydrogen) atoms. The molecule has 0 amide bonds. The van der Waals surface area contributed by atoms with Gasteiger partial charge >= 0.3 is 0 Å². The Morgan fingerprint density at radius 2 is 0.889 bits per heavy atom. The van der Waals surface area contributed by atoms with Gasteiger partial charge in [-0.2, -0.15) is 0 Å². The molecule has 0 atom stereocenters. The average Bonchev–Trinajstić information content (AvgIpc) is 0.811. The van der Waals surface area contributed by atoms with Gasteiger partial charge in [-0.05, 0) is 0 Å². The van der Waals surface area contributed by atoms with Crippen LogP contribution >= 0.6 is 0 Å². The zero-order chi connectivity index (χ0) is 3.58. The third-order valence-corrected chi connectivity index (χ3v) is 0. The Morgan fingerprint density at radius 1 is 0.889 bits per heavy atom. The molecule has 8 N–H and O–H groups in total. The smallest absolute Gasteiger partial charge is 0 e. The Bertz CT molecular complexity index is 31.9. The van der Waals surface area contributed by atoms with Crippen molar-refractivity contribution >= 4 is 11.4 Å². The maximum Gasteiger partial charge on any atom is 0 e. The third kappa shape index (κ3) is 526. The largest absolute Gasteiger partial charge is 0.784 e. The SMILES string of the molecule is O.O.O.O.O=S([O-])[O-].[Pu]. The van der Waals surface area contributed by atoms with E-state index >= 15 is 0 Å². The van der Waals surface area contributed by atoms with Gasteiger partial charge in [0.15, 0.2) is 0 Å². The van der Waals surface area contributed by atoms with E-state index in [0.717, 1.165) is 0 Å². The van der Waals surface area contributed by atoms with Crippen LogP contribution in [0.1, 0.15) is 0 Å². The van der Waals surface area contributed by atoms with Crippen molar-refractivity contribution in [3.8, 4) is 0 Å². The molecule has 0 saturated carbocycles. The van der Waals surface area contributed by atoms with Crippen molar-refractivity contribution in [2.24, 2.45) is 0 Å². The Hall–Kier alpha value is 0.897. The molecule has 0 heterocycles. The van der Waals surface area contributed by atoms with Gasteiger partial charge in [0.25, 0.3) is 0 Å². The van der Waals surface area contributed by atoms with Crippen LogP contribution in [0, 0.1) is 29.2 Å². The van der Waals surface area contributed by atoms with Crippen molar-refractivity contribution in [1.82, 2.24) is 0 Å². The van der Waals surface area contributed by atoms with Gasteiger partial charge in [-0.3, -0.25) is 4.21 Å². The molecule has 0 aliphatic rings. The number of rotatable bonds is 0. The Balaban J connectivity index is -0.00000000450. The Kier molecular flexibility index (Phi) is 209. The van der Waals surface area contributed by atoms with E-state index in [9.17, 15) is 0 Å². The van der Waals surface area contributed by atoms with E-state index in [1.54, 1.807) is 0 Å². The second kappa shape index (κ2) is 36.5. The van der Waals surface area contributed by atoms with Crippen molar-refractivity contribution in [1.29, 1.82) is 0 Å². The van der Waals surface area contributed by atoms with E-state index < -0.39 is 11.4 Å². The summed E-state index contributed by atoms with van der Waals surface area (Å²) < 4.78 is 25.3. The predicted octanol–water partition coefficient (Wildman–Crippen LogP) is -4.30. The summed E-state index contributed by atoms with van der Waals surface area (Å²) in [5, 5.41) is 0. The summed E-state index contributed by atoms with van der Waals surface area (Å²) >= 11 is -3.11. The van der Waals surface area contributed by atoms with Crippen LogP contribution < -0.4 is 0 Å². The van der Waals surface area contributed by atoms with Gasteiger partial charge in [0, 0.05) is 29.2 Å². The van der Waals surface area contributed by atoms with Crippen molar-refractivity contribution in [2.75, 3.05) is 0 Å². The fourth-order valence-electron chi connectivity index (χ4n) is 0.